The monoisotopic (exact) mass is 237 g/mol. The summed E-state index contributed by atoms with van der Waals surface area (Å²) in [6.07, 6.45) is 12.1. The van der Waals surface area contributed by atoms with Crippen molar-refractivity contribution in [2.75, 3.05) is 11.4 Å². The highest BCUT2D eigenvalue weighted by Crippen LogP contribution is 2.27. The van der Waals surface area contributed by atoms with Crippen LogP contribution in [0.1, 0.15) is 18.4 Å². The van der Waals surface area contributed by atoms with E-state index in [0.717, 1.165) is 29.7 Å². The normalized spacial score (nSPS) is 17.3. The van der Waals surface area contributed by atoms with Gasteiger partial charge in [-0.25, -0.2) is 0 Å². The predicted octanol–water partition coefficient (Wildman–Crippen LogP) is 3.32. The van der Waals surface area contributed by atoms with Crippen LogP contribution in [0, 0.1) is 0 Å². The number of benzene rings is 1. The summed E-state index contributed by atoms with van der Waals surface area (Å²) < 4.78 is 0. The molecule has 1 aliphatic carbocycles. The second-order valence-electron chi connectivity index (χ2n) is 4.52. The van der Waals surface area contributed by atoms with Crippen molar-refractivity contribution in [2.24, 2.45) is 0 Å². The molecule has 0 spiro atoms. The topological polar surface area (TPSA) is 20.3 Å². The first-order valence-corrected chi connectivity index (χ1v) is 6.30. The Balaban J connectivity index is 1.94. The average Bonchev–Trinajstić information content (AvgIpc) is 2.47. The molecule has 1 aliphatic heterocycles. The number of carbonyl (C=O) groups is 1. The Labute approximate surface area is 107 Å². The molecule has 0 atom stereocenters. The Morgan fingerprint density at radius 1 is 1.06 bits per heavy atom. The molecule has 1 amide bonds. The van der Waals surface area contributed by atoms with E-state index in [1.807, 2.05) is 47.4 Å². The predicted molar refractivity (Wildman–Crippen MR) is 74.3 cm³/mol. The maximum absolute atomic E-state index is 12.5. The SMILES string of the molecule is O=C(C1=CCCC=C1)N1CC=Cc2ccccc21. The van der Waals surface area contributed by atoms with Crippen LogP contribution in [-0.4, -0.2) is 12.5 Å². The van der Waals surface area contributed by atoms with Crippen LogP contribution in [0.25, 0.3) is 6.08 Å². The second kappa shape index (κ2) is 4.65. The summed E-state index contributed by atoms with van der Waals surface area (Å²) in [5, 5.41) is 0. The van der Waals surface area contributed by atoms with E-state index in [1.165, 1.54) is 0 Å². The van der Waals surface area contributed by atoms with Gasteiger partial charge >= 0.3 is 0 Å². The summed E-state index contributed by atoms with van der Waals surface area (Å²) in [5.41, 5.74) is 2.92. The number of carbonyl (C=O) groups excluding carboxylic acids is 1. The van der Waals surface area contributed by atoms with Crippen molar-refractivity contribution in [1.82, 2.24) is 0 Å². The largest absolute Gasteiger partial charge is 0.304 e. The lowest BCUT2D eigenvalue weighted by Crippen LogP contribution is -2.34. The van der Waals surface area contributed by atoms with Crippen molar-refractivity contribution in [3.63, 3.8) is 0 Å². The Kier molecular flexibility index (Phi) is 2.85. The second-order valence-corrected chi connectivity index (χ2v) is 4.52. The number of hydrogen-bond acceptors (Lipinski definition) is 1. The molecule has 0 saturated carbocycles. The summed E-state index contributed by atoms with van der Waals surface area (Å²) in [7, 11) is 0. The van der Waals surface area contributed by atoms with Crippen molar-refractivity contribution in [2.45, 2.75) is 12.8 Å². The molecule has 0 aromatic heterocycles. The lowest BCUT2D eigenvalue weighted by atomic mass is 10.0. The van der Waals surface area contributed by atoms with Gasteiger partial charge in [-0.05, 0) is 24.5 Å². The molecule has 18 heavy (non-hydrogen) atoms. The Hall–Kier alpha value is -2.09. The zero-order valence-electron chi connectivity index (χ0n) is 10.2. The third-order valence-electron chi connectivity index (χ3n) is 3.30. The van der Waals surface area contributed by atoms with Gasteiger partial charge in [0.1, 0.15) is 0 Å². The van der Waals surface area contributed by atoms with Crippen LogP contribution in [-0.2, 0) is 4.79 Å². The van der Waals surface area contributed by atoms with E-state index >= 15 is 0 Å². The van der Waals surface area contributed by atoms with Gasteiger partial charge < -0.3 is 4.90 Å². The fourth-order valence-electron chi connectivity index (χ4n) is 2.38. The Morgan fingerprint density at radius 2 is 1.94 bits per heavy atom. The van der Waals surface area contributed by atoms with E-state index in [-0.39, 0.29) is 5.91 Å². The fourth-order valence-corrected chi connectivity index (χ4v) is 2.38. The highest BCUT2D eigenvalue weighted by molar-refractivity contribution is 6.09. The summed E-state index contributed by atoms with van der Waals surface area (Å²) >= 11 is 0. The number of rotatable bonds is 1. The van der Waals surface area contributed by atoms with Crippen molar-refractivity contribution in [3.8, 4) is 0 Å². The van der Waals surface area contributed by atoms with Gasteiger partial charge in [0, 0.05) is 12.1 Å². The van der Waals surface area contributed by atoms with Gasteiger partial charge in [0.2, 0.25) is 0 Å². The molecule has 2 nitrogen and oxygen atoms in total. The number of anilines is 1. The lowest BCUT2D eigenvalue weighted by molar-refractivity contribution is -0.114. The average molecular weight is 237 g/mol. The van der Waals surface area contributed by atoms with Crippen LogP contribution in [0.2, 0.25) is 0 Å². The molecular weight excluding hydrogens is 222 g/mol. The molecule has 0 radical (unpaired) electrons. The molecule has 2 heteroatoms. The molecule has 0 saturated heterocycles. The Bertz CT molecular complexity index is 566. The smallest absolute Gasteiger partial charge is 0.258 e. The van der Waals surface area contributed by atoms with Gasteiger partial charge in [-0.15, -0.1) is 0 Å². The highest BCUT2D eigenvalue weighted by atomic mass is 16.2. The number of para-hydroxylation sites is 1. The van der Waals surface area contributed by atoms with E-state index in [9.17, 15) is 4.79 Å². The van der Waals surface area contributed by atoms with E-state index in [0.29, 0.717) is 6.54 Å². The summed E-state index contributed by atoms with van der Waals surface area (Å²) in [6.45, 7) is 0.654. The number of allylic oxidation sites excluding steroid dienone is 2. The number of fused-ring (bicyclic) bond motifs is 1. The first-order valence-electron chi connectivity index (χ1n) is 6.30. The van der Waals surface area contributed by atoms with Crippen LogP contribution < -0.4 is 4.90 Å². The molecule has 0 N–H and O–H groups in total. The molecular formula is C16H15NO. The standard InChI is InChI=1S/C16H15NO/c18-16(14-8-2-1-3-9-14)17-12-6-10-13-7-4-5-11-15(13)17/h2,4-11H,1,3,12H2. The highest BCUT2D eigenvalue weighted by Gasteiger charge is 2.21. The lowest BCUT2D eigenvalue weighted by Gasteiger charge is -2.27. The molecule has 3 rings (SSSR count). The van der Waals surface area contributed by atoms with E-state index in [1.54, 1.807) is 0 Å². The number of nitrogens with zero attached hydrogens (tertiary/aromatic N) is 1. The fraction of sp³-hybridized carbons (Fsp3) is 0.188. The third kappa shape index (κ3) is 1.90. The van der Waals surface area contributed by atoms with Gasteiger partial charge in [0.15, 0.2) is 0 Å². The molecule has 1 aromatic carbocycles. The first kappa shape index (κ1) is 11.0. The minimum Gasteiger partial charge on any atom is -0.304 e. The summed E-state index contributed by atoms with van der Waals surface area (Å²) in [5.74, 6) is 0.0998. The van der Waals surface area contributed by atoms with Crippen LogP contribution in [0.3, 0.4) is 0 Å². The molecule has 0 unspecified atom stereocenters. The van der Waals surface area contributed by atoms with Gasteiger partial charge in [-0.2, -0.15) is 0 Å². The molecule has 2 aliphatic rings. The summed E-state index contributed by atoms with van der Waals surface area (Å²) in [6, 6.07) is 8.01. The van der Waals surface area contributed by atoms with Crippen molar-refractivity contribution in [1.29, 1.82) is 0 Å². The van der Waals surface area contributed by atoms with Crippen LogP contribution in [0.4, 0.5) is 5.69 Å². The molecule has 0 bridgehead atoms. The van der Waals surface area contributed by atoms with Gasteiger partial charge in [-0.3, -0.25) is 4.79 Å². The molecule has 0 fully saturated rings. The third-order valence-corrected chi connectivity index (χ3v) is 3.30. The summed E-state index contributed by atoms with van der Waals surface area (Å²) in [4.78, 5) is 14.3. The first-order chi connectivity index (χ1) is 8.86. The number of hydrogen-bond donors (Lipinski definition) is 0. The van der Waals surface area contributed by atoms with Crippen molar-refractivity contribution >= 4 is 17.7 Å². The van der Waals surface area contributed by atoms with Crippen molar-refractivity contribution in [3.05, 3.63) is 59.7 Å². The minimum absolute atomic E-state index is 0.0998. The minimum atomic E-state index is 0.0998. The maximum atomic E-state index is 12.5. The molecule has 90 valence electrons. The Morgan fingerprint density at radius 3 is 2.78 bits per heavy atom. The van der Waals surface area contributed by atoms with Crippen LogP contribution in [0.5, 0.6) is 0 Å². The van der Waals surface area contributed by atoms with Gasteiger partial charge in [0.25, 0.3) is 5.91 Å². The molecule has 1 aromatic rings. The zero-order valence-corrected chi connectivity index (χ0v) is 10.2. The zero-order chi connectivity index (χ0) is 12.4. The van der Waals surface area contributed by atoms with E-state index in [4.69, 9.17) is 0 Å². The van der Waals surface area contributed by atoms with E-state index < -0.39 is 0 Å². The quantitative estimate of drug-likeness (QED) is 0.733. The number of amides is 1. The van der Waals surface area contributed by atoms with Gasteiger partial charge in [0.05, 0.1) is 5.69 Å². The van der Waals surface area contributed by atoms with Gasteiger partial charge in [-0.1, -0.05) is 48.6 Å². The van der Waals surface area contributed by atoms with Crippen LogP contribution >= 0.6 is 0 Å². The van der Waals surface area contributed by atoms with E-state index in [2.05, 4.69) is 12.2 Å². The van der Waals surface area contributed by atoms with Crippen molar-refractivity contribution < 1.29 is 4.79 Å². The molecule has 1 heterocycles. The maximum Gasteiger partial charge on any atom is 0.258 e. The van der Waals surface area contributed by atoms with Crippen LogP contribution in [0.15, 0.2) is 54.1 Å².